The maximum absolute atomic E-state index is 11.8. The van der Waals surface area contributed by atoms with Crippen LogP contribution in [0.3, 0.4) is 0 Å². The molecule has 0 bridgehead atoms. The van der Waals surface area contributed by atoms with Crippen LogP contribution in [0, 0.1) is 11.8 Å². The SMILES string of the molecule is CC(C)C(CN(C)C)NC(=O)C(N)C(C)C. The van der Waals surface area contributed by atoms with Crippen molar-refractivity contribution in [2.45, 2.75) is 39.8 Å². The predicted molar refractivity (Wildman–Crippen MR) is 68.1 cm³/mol. The minimum Gasteiger partial charge on any atom is -0.350 e. The molecule has 16 heavy (non-hydrogen) atoms. The molecule has 0 spiro atoms. The fraction of sp³-hybridized carbons (Fsp3) is 0.917. The number of hydrogen-bond donors (Lipinski definition) is 2. The third kappa shape index (κ3) is 5.47. The second-order valence-corrected chi connectivity index (χ2v) is 5.39. The first-order valence-electron chi connectivity index (χ1n) is 5.96. The van der Waals surface area contributed by atoms with Gasteiger partial charge < -0.3 is 16.0 Å². The Hall–Kier alpha value is -0.610. The first-order valence-corrected chi connectivity index (χ1v) is 5.96. The van der Waals surface area contributed by atoms with Gasteiger partial charge in [0.05, 0.1) is 6.04 Å². The summed E-state index contributed by atoms with van der Waals surface area (Å²) in [4.78, 5) is 13.9. The molecular formula is C12H27N3O. The summed E-state index contributed by atoms with van der Waals surface area (Å²) in [6.07, 6.45) is 0. The Morgan fingerprint density at radius 3 is 2.00 bits per heavy atom. The van der Waals surface area contributed by atoms with Crippen molar-refractivity contribution in [1.29, 1.82) is 0 Å². The molecule has 0 aliphatic carbocycles. The van der Waals surface area contributed by atoms with E-state index in [1.54, 1.807) is 0 Å². The van der Waals surface area contributed by atoms with E-state index in [0.717, 1.165) is 6.54 Å². The minimum atomic E-state index is -0.414. The zero-order valence-electron chi connectivity index (χ0n) is 11.4. The van der Waals surface area contributed by atoms with E-state index in [2.05, 4.69) is 24.1 Å². The highest BCUT2D eigenvalue weighted by Crippen LogP contribution is 2.05. The summed E-state index contributed by atoms with van der Waals surface area (Å²) in [7, 11) is 4.01. The van der Waals surface area contributed by atoms with Gasteiger partial charge in [0.25, 0.3) is 0 Å². The monoisotopic (exact) mass is 229 g/mol. The third-order valence-corrected chi connectivity index (χ3v) is 2.72. The van der Waals surface area contributed by atoms with Crippen molar-refractivity contribution in [3.05, 3.63) is 0 Å². The topological polar surface area (TPSA) is 58.4 Å². The molecule has 0 aromatic carbocycles. The molecule has 0 heterocycles. The van der Waals surface area contributed by atoms with Crippen LogP contribution in [0.15, 0.2) is 0 Å². The Labute approximate surface area is 99.6 Å². The Morgan fingerprint density at radius 1 is 1.19 bits per heavy atom. The molecule has 0 saturated heterocycles. The number of nitrogens with two attached hydrogens (primary N) is 1. The normalized spacial score (nSPS) is 15.6. The minimum absolute atomic E-state index is 0.0458. The molecule has 0 aliphatic heterocycles. The molecule has 4 nitrogen and oxygen atoms in total. The summed E-state index contributed by atoms with van der Waals surface area (Å²) in [5.74, 6) is 0.536. The number of amides is 1. The van der Waals surface area contributed by atoms with Crippen LogP contribution in [0.4, 0.5) is 0 Å². The average molecular weight is 229 g/mol. The highest BCUT2D eigenvalue weighted by Gasteiger charge is 2.22. The Bertz CT molecular complexity index is 214. The van der Waals surface area contributed by atoms with Crippen LogP contribution in [0.5, 0.6) is 0 Å². The molecule has 3 N–H and O–H groups in total. The number of rotatable bonds is 6. The Balaban J connectivity index is 4.34. The average Bonchev–Trinajstić information content (AvgIpc) is 2.14. The predicted octanol–water partition coefficient (Wildman–Crippen LogP) is 0.672. The molecule has 2 atom stereocenters. The zero-order chi connectivity index (χ0) is 12.9. The highest BCUT2D eigenvalue weighted by atomic mass is 16.2. The van der Waals surface area contributed by atoms with E-state index in [0.29, 0.717) is 5.92 Å². The molecule has 0 fully saturated rings. The molecule has 4 heteroatoms. The lowest BCUT2D eigenvalue weighted by Gasteiger charge is -2.27. The van der Waals surface area contributed by atoms with E-state index < -0.39 is 6.04 Å². The largest absolute Gasteiger partial charge is 0.350 e. The van der Waals surface area contributed by atoms with E-state index in [4.69, 9.17) is 5.73 Å². The number of nitrogens with one attached hydrogen (secondary N) is 1. The van der Waals surface area contributed by atoms with Crippen LogP contribution < -0.4 is 11.1 Å². The molecule has 0 radical (unpaired) electrons. The molecule has 0 aromatic rings. The van der Waals surface area contributed by atoms with Crippen molar-refractivity contribution in [2.24, 2.45) is 17.6 Å². The molecule has 0 rings (SSSR count). The summed E-state index contributed by atoms with van der Waals surface area (Å²) in [5.41, 5.74) is 5.81. The van der Waals surface area contributed by atoms with Gasteiger partial charge in [-0.05, 0) is 25.9 Å². The number of carbonyl (C=O) groups excluding carboxylic acids is 1. The smallest absolute Gasteiger partial charge is 0.237 e. The highest BCUT2D eigenvalue weighted by molar-refractivity contribution is 5.82. The van der Waals surface area contributed by atoms with Crippen molar-refractivity contribution in [2.75, 3.05) is 20.6 Å². The molecule has 2 unspecified atom stereocenters. The van der Waals surface area contributed by atoms with Crippen molar-refractivity contribution in [3.8, 4) is 0 Å². The molecule has 1 amide bonds. The van der Waals surface area contributed by atoms with Gasteiger partial charge in [-0.2, -0.15) is 0 Å². The molecule has 0 aromatic heterocycles. The number of likely N-dealkylation sites (N-methyl/N-ethyl adjacent to an activating group) is 1. The van der Waals surface area contributed by atoms with Crippen LogP contribution in [0.1, 0.15) is 27.7 Å². The van der Waals surface area contributed by atoms with Crippen molar-refractivity contribution in [1.82, 2.24) is 10.2 Å². The zero-order valence-corrected chi connectivity index (χ0v) is 11.4. The number of nitrogens with zero attached hydrogens (tertiary/aromatic N) is 1. The second-order valence-electron chi connectivity index (χ2n) is 5.39. The van der Waals surface area contributed by atoms with Crippen molar-refractivity contribution >= 4 is 5.91 Å². The fourth-order valence-corrected chi connectivity index (χ4v) is 1.40. The summed E-state index contributed by atoms with van der Waals surface area (Å²) >= 11 is 0. The molecule has 96 valence electrons. The van der Waals surface area contributed by atoms with Gasteiger partial charge in [0.15, 0.2) is 0 Å². The van der Waals surface area contributed by atoms with Crippen LogP contribution in [0.25, 0.3) is 0 Å². The summed E-state index contributed by atoms with van der Waals surface area (Å²) in [5, 5.41) is 3.02. The van der Waals surface area contributed by atoms with Crippen LogP contribution >= 0.6 is 0 Å². The summed E-state index contributed by atoms with van der Waals surface area (Å²) in [6.45, 7) is 8.97. The quantitative estimate of drug-likeness (QED) is 0.704. The lowest BCUT2D eigenvalue weighted by molar-refractivity contribution is -0.124. The lowest BCUT2D eigenvalue weighted by Crippen LogP contribution is -2.52. The van der Waals surface area contributed by atoms with Gasteiger partial charge in [-0.1, -0.05) is 27.7 Å². The van der Waals surface area contributed by atoms with E-state index >= 15 is 0 Å². The molecular weight excluding hydrogens is 202 g/mol. The van der Waals surface area contributed by atoms with Crippen molar-refractivity contribution in [3.63, 3.8) is 0 Å². The van der Waals surface area contributed by atoms with E-state index in [1.807, 2.05) is 27.9 Å². The Kier molecular flexibility index (Phi) is 6.60. The van der Waals surface area contributed by atoms with E-state index in [9.17, 15) is 4.79 Å². The fourth-order valence-electron chi connectivity index (χ4n) is 1.40. The van der Waals surface area contributed by atoms with Gasteiger partial charge >= 0.3 is 0 Å². The van der Waals surface area contributed by atoms with Crippen LogP contribution in [-0.4, -0.2) is 43.5 Å². The molecule has 0 aliphatic rings. The maximum atomic E-state index is 11.8. The van der Waals surface area contributed by atoms with Gasteiger partial charge in [-0.15, -0.1) is 0 Å². The third-order valence-electron chi connectivity index (χ3n) is 2.72. The second kappa shape index (κ2) is 6.86. The van der Waals surface area contributed by atoms with Gasteiger partial charge in [0, 0.05) is 12.6 Å². The van der Waals surface area contributed by atoms with E-state index in [-0.39, 0.29) is 17.9 Å². The first-order chi connectivity index (χ1) is 7.25. The van der Waals surface area contributed by atoms with Gasteiger partial charge in [0.1, 0.15) is 0 Å². The summed E-state index contributed by atoms with van der Waals surface area (Å²) < 4.78 is 0. The van der Waals surface area contributed by atoms with Gasteiger partial charge in [-0.3, -0.25) is 4.79 Å². The van der Waals surface area contributed by atoms with Gasteiger partial charge in [-0.25, -0.2) is 0 Å². The Morgan fingerprint density at radius 2 is 1.69 bits per heavy atom. The van der Waals surface area contributed by atoms with Gasteiger partial charge in [0.2, 0.25) is 5.91 Å². The first kappa shape index (κ1) is 15.4. The maximum Gasteiger partial charge on any atom is 0.237 e. The van der Waals surface area contributed by atoms with Crippen molar-refractivity contribution < 1.29 is 4.79 Å². The lowest BCUT2D eigenvalue weighted by atomic mass is 10.0. The van der Waals surface area contributed by atoms with Crippen LogP contribution in [-0.2, 0) is 4.79 Å². The van der Waals surface area contributed by atoms with E-state index in [1.165, 1.54) is 0 Å². The van der Waals surface area contributed by atoms with Crippen LogP contribution in [0.2, 0.25) is 0 Å². The number of hydrogen-bond acceptors (Lipinski definition) is 3. The standard InChI is InChI=1S/C12H27N3O/c1-8(2)10(7-15(5)6)14-12(16)11(13)9(3)4/h8-11H,7,13H2,1-6H3,(H,14,16). The number of carbonyl (C=O) groups is 1. The summed E-state index contributed by atoms with van der Waals surface area (Å²) in [6, 6.07) is -0.254. The molecule has 0 saturated carbocycles.